The number of carbonyl (C=O) groups excluding carboxylic acids is 1. The molecule has 17 heavy (non-hydrogen) atoms. The zero-order chi connectivity index (χ0) is 13.1. The molecule has 0 rings (SSSR count). The number of carboxylic acid groups (broad SMARTS) is 1. The molecule has 0 aromatic rings. The summed E-state index contributed by atoms with van der Waals surface area (Å²) in [4.78, 5) is 22.2. The Morgan fingerprint density at radius 1 is 1.47 bits per heavy atom. The first-order valence-corrected chi connectivity index (χ1v) is 6.83. The fraction of sp³-hybridized carbons (Fsp3) is 0.818. The van der Waals surface area contributed by atoms with Crippen LogP contribution in [0.15, 0.2) is 0 Å². The Balaban J connectivity index is 3.69. The molecular weight excluding hydrogens is 242 g/mol. The lowest BCUT2D eigenvalue weighted by Gasteiger charge is -2.12. The highest BCUT2D eigenvalue weighted by molar-refractivity contribution is 7.99. The third-order valence-electron chi connectivity index (χ3n) is 2.20. The van der Waals surface area contributed by atoms with E-state index in [0.717, 1.165) is 12.2 Å². The highest BCUT2D eigenvalue weighted by atomic mass is 32.2. The molecule has 0 aromatic heterocycles. The van der Waals surface area contributed by atoms with Crippen molar-refractivity contribution in [2.24, 2.45) is 5.92 Å². The van der Waals surface area contributed by atoms with E-state index in [1.165, 1.54) is 11.8 Å². The van der Waals surface area contributed by atoms with Crippen molar-refractivity contribution < 1.29 is 19.4 Å². The number of hydrogen-bond donors (Lipinski definition) is 2. The number of carbonyl (C=O) groups is 2. The minimum Gasteiger partial charge on any atom is -0.481 e. The summed E-state index contributed by atoms with van der Waals surface area (Å²) in [6, 6.07) is 0. The van der Waals surface area contributed by atoms with Crippen LogP contribution in [0.5, 0.6) is 0 Å². The van der Waals surface area contributed by atoms with Crippen LogP contribution in [0.4, 0.5) is 0 Å². The molecule has 5 nitrogen and oxygen atoms in total. The number of carboxylic acids is 1. The maximum atomic E-state index is 11.4. The third-order valence-corrected chi connectivity index (χ3v) is 3.12. The van der Waals surface area contributed by atoms with Crippen molar-refractivity contribution in [2.45, 2.75) is 19.8 Å². The van der Waals surface area contributed by atoms with E-state index in [2.05, 4.69) is 5.32 Å². The van der Waals surface area contributed by atoms with Crippen LogP contribution in [0, 0.1) is 5.92 Å². The number of thioether (sulfide) groups is 1. The van der Waals surface area contributed by atoms with Gasteiger partial charge in [-0.1, -0.05) is 13.3 Å². The second-order valence-corrected chi connectivity index (χ2v) is 4.78. The van der Waals surface area contributed by atoms with Crippen LogP contribution in [-0.2, 0) is 14.3 Å². The zero-order valence-electron chi connectivity index (χ0n) is 10.4. The highest BCUT2D eigenvalue weighted by Gasteiger charge is 2.16. The Morgan fingerprint density at radius 3 is 2.71 bits per heavy atom. The lowest BCUT2D eigenvalue weighted by Crippen LogP contribution is -2.34. The number of hydrogen-bond acceptors (Lipinski definition) is 4. The fourth-order valence-corrected chi connectivity index (χ4v) is 1.97. The Hall–Kier alpha value is -0.750. The Labute approximate surface area is 106 Å². The molecule has 1 amide bonds. The number of nitrogens with one attached hydrogen (secondary N) is 1. The van der Waals surface area contributed by atoms with E-state index in [9.17, 15) is 9.59 Å². The summed E-state index contributed by atoms with van der Waals surface area (Å²) in [5.74, 6) is -0.330. The van der Waals surface area contributed by atoms with Crippen molar-refractivity contribution in [3.05, 3.63) is 0 Å². The van der Waals surface area contributed by atoms with Gasteiger partial charge in [0, 0.05) is 19.4 Å². The SMILES string of the molecule is CCCC(CNC(=O)CSCCOC)C(=O)O. The highest BCUT2D eigenvalue weighted by Crippen LogP contribution is 2.05. The average Bonchev–Trinajstić information content (AvgIpc) is 2.29. The summed E-state index contributed by atoms with van der Waals surface area (Å²) < 4.78 is 4.85. The largest absolute Gasteiger partial charge is 0.481 e. The third kappa shape index (κ3) is 9.00. The van der Waals surface area contributed by atoms with Crippen LogP contribution in [0.1, 0.15) is 19.8 Å². The van der Waals surface area contributed by atoms with Crippen LogP contribution < -0.4 is 5.32 Å². The summed E-state index contributed by atoms with van der Waals surface area (Å²) in [7, 11) is 1.61. The topological polar surface area (TPSA) is 75.6 Å². The van der Waals surface area contributed by atoms with Crippen molar-refractivity contribution >= 4 is 23.6 Å². The van der Waals surface area contributed by atoms with Crippen molar-refractivity contribution in [1.29, 1.82) is 0 Å². The van der Waals surface area contributed by atoms with Gasteiger partial charge in [0.15, 0.2) is 0 Å². The molecular formula is C11H21NO4S. The summed E-state index contributed by atoms with van der Waals surface area (Å²) in [6.45, 7) is 2.76. The van der Waals surface area contributed by atoms with Gasteiger partial charge in [0.25, 0.3) is 0 Å². The van der Waals surface area contributed by atoms with Crippen molar-refractivity contribution in [2.75, 3.05) is 31.8 Å². The molecule has 0 aromatic carbocycles. The first-order valence-electron chi connectivity index (χ1n) is 5.68. The average molecular weight is 263 g/mol. The molecule has 0 aliphatic carbocycles. The van der Waals surface area contributed by atoms with E-state index in [-0.39, 0.29) is 12.5 Å². The van der Waals surface area contributed by atoms with Crippen LogP contribution in [0.2, 0.25) is 0 Å². The van der Waals surface area contributed by atoms with Crippen molar-refractivity contribution in [1.82, 2.24) is 5.32 Å². The number of ether oxygens (including phenoxy) is 1. The van der Waals surface area contributed by atoms with E-state index in [0.29, 0.717) is 18.8 Å². The van der Waals surface area contributed by atoms with E-state index < -0.39 is 11.9 Å². The Bertz CT molecular complexity index is 236. The molecule has 6 heteroatoms. The van der Waals surface area contributed by atoms with Gasteiger partial charge in [0.2, 0.25) is 5.91 Å². The number of methoxy groups -OCH3 is 1. The number of amides is 1. The van der Waals surface area contributed by atoms with E-state index in [4.69, 9.17) is 9.84 Å². The van der Waals surface area contributed by atoms with Gasteiger partial charge in [0.05, 0.1) is 18.3 Å². The minimum absolute atomic E-state index is 0.117. The molecule has 2 N–H and O–H groups in total. The standard InChI is InChI=1S/C11H21NO4S/c1-3-4-9(11(14)15)7-12-10(13)8-17-6-5-16-2/h9H,3-8H2,1-2H3,(H,12,13)(H,14,15). The quantitative estimate of drug-likeness (QED) is 0.575. The molecule has 1 unspecified atom stereocenters. The summed E-state index contributed by atoms with van der Waals surface area (Å²) in [5, 5.41) is 11.5. The first kappa shape index (κ1) is 16.2. The predicted octanol–water partition coefficient (Wildman–Crippen LogP) is 0.983. The van der Waals surface area contributed by atoms with Crippen LogP contribution >= 0.6 is 11.8 Å². The van der Waals surface area contributed by atoms with Gasteiger partial charge in [-0.3, -0.25) is 9.59 Å². The van der Waals surface area contributed by atoms with Crippen LogP contribution in [0.25, 0.3) is 0 Å². The summed E-state index contributed by atoms with van der Waals surface area (Å²) >= 11 is 1.47. The van der Waals surface area contributed by atoms with Gasteiger partial charge in [-0.2, -0.15) is 0 Å². The summed E-state index contributed by atoms with van der Waals surface area (Å²) in [5.41, 5.74) is 0. The van der Waals surface area contributed by atoms with E-state index in [1.54, 1.807) is 7.11 Å². The lowest BCUT2D eigenvalue weighted by atomic mass is 10.0. The Morgan fingerprint density at radius 2 is 2.18 bits per heavy atom. The van der Waals surface area contributed by atoms with Gasteiger partial charge in [-0.15, -0.1) is 11.8 Å². The van der Waals surface area contributed by atoms with E-state index in [1.807, 2.05) is 6.92 Å². The van der Waals surface area contributed by atoms with Gasteiger partial charge < -0.3 is 15.2 Å². The molecule has 0 bridgehead atoms. The lowest BCUT2D eigenvalue weighted by molar-refractivity contribution is -0.141. The van der Waals surface area contributed by atoms with Gasteiger partial charge >= 0.3 is 5.97 Å². The monoisotopic (exact) mass is 263 g/mol. The van der Waals surface area contributed by atoms with E-state index >= 15 is 0 Å². The maximum Gasteiger partial charge on any atom is 0.308 e. The summed E-state index contributed by atoms with van der Waals surface area (Å²) in [6.07, 6.45) is 1.39. The van der Waals surface area contributed by atoms with Crippen molar-refractivity contribution in [3.63, 3.8) is 0 Å². The molecule has 0 spiro atoms. The molecule has 0 fully saturated rings. The molecule has 100 valence electrons. The molecule has 0 radical (unpaired) electrons. The van der Waals surface area contributed by atoms with Crippen LogP contribution in [-0.4, -0.2) is 48.8 Å². The molecule has 0 saturated heterocycles. The maximum absolute atomic E-state index is 11.4. The molecule has 0 heterocycles. The first-order chi connectivity index (χ1) is 8.11. The predicted molar refractivity (Wildman–Crippen MR) is 68.2 cm³/mol. The fourth-order valence-electron chi connectivity index (χ4n) is 1.26. The second kappa shape index (κ2) is 10.4. The zero-order valence-corrected chi connectivity index (χ0v) is 11.2. The normalized spacial score (nSPS) is 12.1. The second-order valence-electron chi connectivity index (χ2n) is 3.67. The molecule has 0 aliphatic heterocycles. The Kier molecular flexibility index (Phi) is 9.95. The van der Waals surface area contributed by atoms with Crippen LogP contribution in [0.3, 0.4) is 0 Å². The molecule has 0 aliphatic rings. The van der Waals surface area contributed by atoms with Gasteiger partial charge in [0.1, 0.15) is 0 Å². The molecule has 1 atom stereocenters. The van der Waals surface area contributed by atoms with Crippen molar-refractivity contribution in [3.8, 4) is 0 Å². The van der Waals surface area contributed by atoms with Gasteiger partial charge in [-0.25, -0.2) is 0 Å². The van der Waals surface area contributed by atoms with Gasteiger partial charge in [-0.05, 0) is 6.42 Å². The number of rotatable bonds is 10. The number of aliphatic carboxylic acids is 1. The minimum atomic E-state index is -0.848. The smallest absolute Gasteiger partial charge is 0.308 e. The molecule has 0 saturated carbocycles.